The molecule has 0 aliphatic carbocycles. The first kappa shape index (κ1) is 15.7. The number of carbonyl (C=O) groups is 1. The highest BCUT2D eigenvalue weighted by molar-refractivity contribution is 9.10. The molecule has 0 radical (unpaired) electrons. The lowest BCUT2D eigenvalue weighted by molar-refractivity contribution is -0.137. The van der Waals surface area contributed by atoms with Crippen molar-refractivity contribution < 1.29 is 22.4 Å². The van der Waals surface area contributed by atoms with Crippen molar-refractivity contribution in [2.45, 2.75) is 6.18 Å². The van der Waals surface area contributed by atoms with Crippen molar-refractivity contribution in [1.29, 1.82) is 0 Å². The van der Waals surface area contributed by atoms with E-state index in [9.17, 15) is 18.0 Å². The first-order valence-corrected chi connectivity index (χ1v) is 6.63. The van der Waals surface area contributed by atoms with E-state index in [1.807, 2.05) is 0 Å². The van der Waals surface area contributed by atoms with Gasteiger partial charge in [-0.05, 0) is 40.2 Å². The van der Waals surface area contributed by atoms with E-state index in [0.29, 0.717) is 4.67 Å². The average molecular weight is 384 g/mol. The van der Waals surface area contributed by atoms with Gasteiger partial charge in [0.15, 0.2) is 4.67 Å². The molecule has 0 saturated heterocycles. The molecule has 1 aromatic heterocycles. The van der Waals surface area contributed by atoms with Crippen molar-refractivity contribution in [2.75, 3.05) is 10.6 Å². The Morgan fingerprint density at radius 1 is 1.19 bits per heavy atom. The number of rotatable bonds is 2. The van der Waals surface area contributed by atoms with Gasteiger partial charge < -0.3 is 9.73 Å². The van der Waals surface area contributed by atoms with Gasteiger partial charge in [0.1, 0.15) is 0 Å². The number of hydrogen-bond donors (Lipinski definition) is 2. The topological polar surface area (TPSA) is 54.3 Å². The number of amides is 2. The van der Waals surface area contributed by atoms with Gasteiger partial charge in [0.25, 0.3) is 0 Å². The Balaban J connectivity index is 2.11. The molecule has 0 fully saturated rings. The predicted octanol–water partition coefficient (Wildman–Crippen LogP) is 5.36. The highest BCUT2D eigenvalue weighted by Crippen LogP contribution is 2.36. The minimum absolute atomic E-state index is 0.0464. The van der Waals surface area contributed by atoms with E-state index < -0.39 is 22.8 Å². The standard InChI is InChI=1S/C12H7BrClF3N2O2/c13-9-3-4-10(21-9)19-11(20)18-6-1-2-8(14)7(5-6)12(15,16)17/h1-5H,(H2,18,19,20). The summed E-state index contributed by atoms with van der Waals surface area (Å²) >= 11 is 8.53. The molecule has 0 atom stereocenters. The van der Waals surface area contributed by atoms with Gasteiger partial charge in [-0.1, -0.05) is 11.6 Å². The van der Waals surface area contributed by atoms with E-state index in [1.54, 1.807) is 6.07 Å². The van der Waals surface area contributed by atoms with Gasteiger partial charge >= 0.3 is 12.2 Å². The largest absolute Gasteiger partial charge is 0.434 e. The molecule has 2 rings (SSSR count). The van der Waals surface area contributed by atoms with Gasteiger partial charge in [0.2, 0.25) is 5.88 Å². The van der Waals surface area contributed by atoms with Crippen LogP contribution in [0.4, 0.5) is 29.5 Å². The maximum atomic E-state index is 12.7. The number of halogens is 5. The first-order chi connectivity index (χ1) is 9.75. The number of hydrogen-bond acceptors (Lipinski definition) is 2. The maximum Gasteiger partial charge on any atom is 0.417 e. The Kier molecular flexibility index (Phi) is 4.48. The lowest BCUT2D eigenvalue weighted by Crippen LogP contribution is -2.19. The van der Waals surface area contributed by atoms with Crippen LogP contribution in [0.5, 0.6) is 0 Å². The number of carbonyl (C=O) groups excluding carboxylic acids is 1. The quantitative estimate of drug-likeness (QED) is 0.733. The minimum Gasteiger partial charge on any atom is -0.434 e. The Morgan fingerprint density at radius 2 is 1.90 bits per heavy atom. The normalized spacial score (nSPS) is 11.3. The van der Waals surface area contributed by atoms with Crippen LogP contribution in [0.3, 0.4) is 0 Å². The molecule has 2 amide bonds. The van der Waals surface area contributed by atoms with E-state index >= 15 is 0 Å². The molecule has 1 aromatic carbocycles. The van der Waals surface area contributed by atoms with Gasteiger partial charge in [-0.15, -0.1) is 0 Å². The zero-order valence-electron chi connectivity index (χ0n) is 10.1. The van der Waals surface area contributed by atoms with Crippen molar-refractivity contribution >= 4 is 45.1 Å². The minimum atomic E-state index is -4.60. The van der Waals surface area contributed by atoms with Crippen LogP contribution in [0.1, 0.15) is 5.56 Å². The summed E-state index contributed by atoms with van der Waals surface area (Å²) in [5.41, 5.74) is -1.07. The smallest absolute Gasteiger partial charge is 0.417 e. The van der Waals surface area contributed by atoms with Gasteiger partial charge in [-0.25, -0.2) is 4.79 Å². The molecule has 0 bridgehead atoms. The fourth-order valence-corrected chi connectivity index (χ4v) is 2.01. The first-order valence-electron chi connectivity index (χ1n) is 5.46. The highest BCUT2D eigenvalue weighted by Gasteiger charge is 2.33. The second-order valence-corrected chi connectivity index (χ2v) is 5.06. The van der Waals surface area contributed by atoms with Crippen LogP contribution in [-0.4, -0.2) is 6.03 Å². The maximum absolute atomic E-state index is 12.7. The molecule has 0 unspecified atom stereocenters. The van der Waals surface area contributed by atoms with Crippen molar-refractivity contribution in [3.05, 3.63) is 45.6 Å². The number of urea groups is 1. The summed E-state index contributed by atoms with van der Waals surface area (Å²) in [5, 5.41) is 4.14. The molecular formula is C12H7BrClF3N2O2. The fraction of sp³-hybridized carbons (Fsp3) is 0.0833. The Morgan fingerprint density at radius 3 is 2.48 bits per heavy atom. The van der Waals surface area contributed by atoms with Crippen molar-refractivity contribution in [2.24, 2.45) is 0 Å². The summed E-state index contributed by atoms with van der Waals surface area (Å²) < 4.78 is 43.5. The zero-order valence-corrected chi connectivity index (χ0v) is 12.4. The highest BCUT2D eigenvalue weighted by atomic mass is 79.9. The number of nitrogens with one attached hydrogen (secondary N) is 2. The number of anilines is 2. The van der Waals surface area contributed by atoms with Crippen molar-refractivity contribution in [3.63, 3.8) is 0 Å². The second-order valence-electron chi connectivity index (χ2n) is 3.88. The lowest BCUT2D eigenvalue weighted by Gasteiger charge is -2.11. The molecule has 112 valence electrons. The van der Waals surface area contributed by atoms with Crippen LogP contribution in [-0.2, 0) is 6.18 Å². The Labute approximate surface area is 130 Å². The van der Waals surface area contributed by atoms with E-state index in [4.69, 9.17) is 16.0 Å². The van der Waals surface area contributed by atoms with Gasteiger partial charge in [0.05, 0.1) is 10.6 Å². The zero-order chi connectivity index (χ0) is 15.6. The van der Waals surface area contributed by atoms with Crippen LogP contribution >= 0.6 is 27.5 Å². The number of alkyl halides is 3. The molecule has 2 N–H and O–H groups in total. The van der Waals surface area contributed by atoms with Crippen LogP contribution in [0.15, 0.2) is 39.4 Å². The third-order valence-corrected chi connectivity index (χ3v) is 3.10. The molecular weight excluding hydrogens is 376 g/mol. The summed E-state index contributed by atoms with van der Waals surface area (Å²) in [6.45, 7) is 0. The van der Waals surface area contributed by atoms with Gasteiger partial charge in [0, 0.05) is 11.8 Å². The fourth-order valence-electron chi connectivity index (χ4n) is 1.48. The Hall–Kier alpha value is -1.67. The van der Waals surface area contributed by atoms with Crippen LogP contribution in [0, 0.1) is 0 Å². The number of benzene rings is 1. The Bertz CT molecular complexity index is 673. The van der Waals surface area contributed by atoms with E-state index in [0.717, 1.165) is 12.1 Å². The SMILES string of the molecule is O=C(Nc1ccc(Cl)c(C(F)(F)F)c1)Nc1ccc(Br)o1. The van der Waals surface area contributed by atoms with Crippen LogP contribution < -0.4 is 10.6 Å². The average Bonchev–Trinajstić information content (AvgIpc) is 2.75. The molecule has 0 saturated carbocycles. The molecule has 2 aromatic rings. The van der Waals surface area contributed by atoms with Crippen LogP contribution in [0.25, 0.3) is 0 Å². The van der Waals surface area contributed by atoms with Crippen LogP contribution in [0.2, 0.25) is 5.02 Å². The summed E-state index contributed by atoms with van der Waals surface area (Å²) in [5.74, 6) is 0.143. The van der Waals surface area contributed by atoms with E-state index in [1.165, 1.54) is 12.1 Å². The lowest BCUT2D eigenvalue weighted by atomic mass is 10.2. The molecule has 0 aliphatic rings. The monoisotopic (exact) mass is 382 g/mol. The third-order valence-electron chi connectivity index (χ3n) is 2.34. The second kappa shape index (κ2) is 5.98. The van der Waals surface area contributed by atoms with Gasteiger partial charge in [-0.2, -0.15) is 13.2 Å². The molecule has 9 heteroatoms. The molecule has 0 aliphatic heterocycles. The number of furan rings is 1. The van der Waals surface area contributed by atoms with Gasteiger partial charge in [-0.3, -0.25) is 5.32 Å². The summed E-state index contributed by atoms with van der Waals surface area (Å²) in [7, 11) is 0. The van der Waals surface area contributed by atoms with Crippen molar-refractivity contribution in [3.8, 4) is 0 Å². The summed E-state index contributed by atoms with van der Waals surface area (Å²) in [6.07, 6.45) is -4.60. The summed E-state index contributed by atoms with van der Waals surface area (Å²) in [4.78, 5) is 11.6. The third kappa shape index (κ3) is 4.15. The van der Waals surface area contributed by atoms with Crippen molar-refractivity contribution in [1.82, 2.24) is 0 Å². The molecule has 1 heterocycles. The van der Waals surface area contributed by atoms with E-state index in [-0.39, 0.29) is 11.6 Å². The molecule has 4 nitrogen and oxygen atoms in total. The molecule has 21 heavy (non-hydrogen) atoms. The van der Waals surface area contributed by atoms with E-state index in [2.05, 4.69) is 26.6 Å². The summed E-state index contributed by atoms with van der Waals surface area (Å²) in [6, 6.07) is 5.36. The predicted molar refractivity (Wildman–Crippen MR) is 75.5 cm³/mol. The molecule has 0 spiro atoms.